The highest BCUT2D eigenvalue weighted by Gasteiger charge is 2.19. The summed E-state index contributed by atoms with van der Waals surface area (Å²) in [4.78, 5) is 4.88. The third-order valence-electron chi connectivity index (χ3n) is 8.99. The van der Waals surface area contributed by atoms with Crippen LogP contribution in [0.3, 0.4) is 0 Å². The number of rotatable bonds is 4. The van der Waals surface area contributed by atoms with E-state index in [1.54, 1.807) is 0 Å². The van der Waals surface area contributed by atoms with E-state index in [1.165, 1.54) is 72.1 Å². The van der Waals surface area contributed by atoms with Crippen molar-refractivity contribution in [2.75, 3.05) is 0 Å². The minimum atomic E-state index is 0.572. The zero-order valence-electron chi connectivity index (χ0n) is 23.5. The molecule has 0 spiro atoms. The Morgan fingerprint density at radius 2 is 1.07 bits per heavy atom. The van der Waals surface area contributed by atoms with E-state index in [-0.39, 0.29) is 0 Å². The van der Waals surface area contributed by atoms with Gasteiger partial charge in [-0.25, -0.2) is 0 Å². The summed E-state index contributed by atoms with van der Waals surface area (Å²) in [6.07, 6.45) is 10.1. The molecule has 0 saturated carbocycles. The van der Waals surface area contributed by atoms with Gasteiger partial charge in [0.15, 0.2) is 0 Å². The maximum Gasteiger partial charge on any atom is 0.0711 e. The number of fused-ring (bicyclic) bond motifs is 3. The van der Waals surface area contributed by atoms with Gasteiger partial charge in [-0.05, 0) is 97.4 Å². The van der Waals surface area contributed by atoms with Crippen molar-refractivity contribution >= 4 is 32.3 Å². The third-order valence-corrected chi connectivity index (χ3v) is 8.99. The predicted octanol–water partition coefficient (Wildman–Crippen LogP) is 11.4. The molecule has 0 aliphatic heterocycles. The van der Waals surface area contributed by atoms with E-state index in [1.807, 2.05) is 6.20 Å². The molecule has 1 atom stereocenters. The van der Waals surface area contributed by atoms with Crippen molar-refractivity contribution in [1.29, 1.82) is 0 Å². The lowest BCUT2D eigenvalue weighted by Crippen LogP contribution is -2.01. The Hall–Kier alpha value is -5.01. The molecule has 1 nitrogen and oxygen atoms in total. The van der Waals surface area contributed by atoms with Gasteiger partial charge in [-0.1, -0.05) is 127 Å². The molecule has 0 radical (unpaired) electrons. The lowest BCUT2D eigenvalue weighted by atomic mass is 9.84. The number of hydrogen-bond acceptors (Lipinski definition) is 1. The first-order valence-electron chi connectivity index (χ1n) is 15.0. The quantitative estimate of drug-likeness (QED) is 0.161. The van der Waals surface area contributed by atoms with E-state index in [4.69, 9.17) is 4.98 Å². The van der Waals surface area contributed by atoms with Crippen molar-refractivity contribution in [2.45, 2.75) is 25.2 Å². The molecule has 0 amide bonds. The Labute approximate surface area is 246 Å². The predicted molar refractivity (Wildman–Crippen MR) is 179 cm³/mol. The highest BCUT2D eigenvalue weighted by Crippen LogP contribution is 2.46. The van der Waals surface area contributed by atoms with Gasteiger partial charge >= 0.3 is 0 Å². The van der Waals surface area contributed by atoms with Crippen LogP contribution in [0.25, 0.3) is 65.8 Å². The fourth-order valence-corrected chi connectivity index (χ4v) is 7.02. The molecular weight excluding hydrogens is 506 g/mol. The van der Waals surface area contributed by atoms with Gasteiger partial charge in [-0.3, -0.25) is 4.98 Å². The molecule has 1 heterocycles. The SMILES string of the molecule is C1=CCC(c2ccnc(-c3ccc(-c4c5ccccc5c(-c5ccccc5)c5ccccc45)c4ccccc34)c2)CC1. The van der Waals surface area contributed by atoms with Gasteiger partial charge in [0.25, 0.3) is 0 Å². The minimum absolute atomic E-state index is 0.572. The number of pyridine rings is 1. The monoisotopic (exact) mass is 537 g/mol. The molecule has 0 saturated heterocycles. The van der Waals surface area contributed by atoms with Crippen LogP contribution in [0.1, 0.15) is 30.7 Å². The Bertz CT molecular complexity index is 2060. The summed E-state index contributed by atoms with van der Waals surface area (Å²) >= 11 is 0. The Kier molecular flexibility index (Phi) is 6.15. The van der Waals surface area contributed by atoms with Crippen molar-refractivity contribution in [1.82, 2.24) is 4.98 Å². The van der Waals surface area contributed by atoms with E-state index >= 15 is 0 Å². The van der Waals surface area contributed by atoms with Gasteiger partial charge in [0.2, 0.25) is 0 Å². The fourth-order valence-electron chi connectivity index (χ4n) is 7.02. The van der Waals surface area contributed by atoms with Crippen molar-refractivity contribution in [2.24, 2.45) is 0 Å². The zero-order chi connectivity index (χ0) is 27.9. The zero-order valence-corrected chi connectivity index (χ0v) is 23.5. The van der Waals surface area contributed by atoms with Crippen LogP contribution in [0, 0.1) is 0 Å². The molecule has 42 heavy (non-hydrogen) atoms. The Morgan fingerprint density at radius 1 is 0.500 bits per heavy atom. The van der Waals surface area contributed by atoms with Crippen LogP contribution < -0.4 is 0 Å². The standard InChI is InChI=1S/C41H31N/c1-3-13-28(14-4-1)30-25-26-42-39(27-30)33-23-24-38(32-18-8-7-17-31(32)33)41-36-21-11-9-19-34(36)40(29-15-5-2-6-16-29)35-20-10-12-22-37(35)41/h1-3,5-12,15-28H,4,13-14H2. The topological polar surface area (TPSA) is 12.9 Å². The van der Waals surface area contributed by atoms with Crippen LogP contribution in [0.2, 0.25) is 0 Å². The van der Waals surface area contributed by atoms with E-state index in [0.717, 1.165) is 18.5 Å². The summed E-state index contributed by atoms with van der Waals surface area (Å²) in [5.41, 5.74) is 8.73. The molecule has 0 fully saturated rings. The largest absolute Gasteiger partial charge is 0.256 e. The highest BCUT2D eigenvalue weighted by atomic mass is 14.7. The summed E-state index contributed by atoms with van der Waals surface area (Å²) in [5.74, 6) is 0.572. The van der Waals surface area contributed by atoms with Crippen molar-refractivity contribution in [3.8, 4) is 33.5 Å². The average molecular weight is 538 g/mol. The van der Waals surface area contributed by atoms with Gasteiger partial charge in [0, 0.05) is 11.8 Å². The summed E-state index contributed by atoms with van der Waals surface area (Å²) in [7, 11) is 0. The first-order valence-corrected chi connectivity index (χ1v) is 15.0. The minimum Gasteiger partial charge on any atom is -0.256 e. The summed E-state index contributed by atoms with van der Waals surface area (Å²) in [6.45, 7) is 0. The fraction of sp³-hybridized carbons (Fsp3) is 0.0976. The van der Waals surface area contributed by atoms with Gasteiger partial charge < -0.3 is 0 Å². The first-order chi connectivity index (χ1) is 20.9. The van der Waals surface area contributed by atoms with Gasteiger partial charge in [-0.15, -0.1) is 0 Å². The molecular formula is C41H31N. The van der Waals surface area contributed by atoms with Gasteiger partial charge in [-0.2, -0.15) is 0 Å². The van der Waals surface area contributed by atoms with Crippen molar-refractivity contribution in [3.63, 3.8) is 0 Å². The van der Waals surface area contributed by atoms with Crippen LogP contribution in [0.15, 0.2) is 146 Å². The molecule has 200 valence electrons. The number of nitrogens with zero attached hydrogens (tertiary/aromatic N) is 1. The van der Waals surface area contributed by atoms with Crippen LogP contribution in [0.4, 0.5) is 0 Å². The summed E-state index contributed by atoms with van der Waals surface area (Å²) in [5, 5.41) is 7.61. The van der Waals surface area contributed by atoms with E-state index in [0.29, 0.717) is 5.92 Å². The number of hydrogen-bond donors (Lipinski definition) is 0. The second-order valence-corrected chi connectivity index (χ2v) is 11.4. The lowest BCUT2D eigenvalue weighted by Gasteiger charge is -2.20. The molecule has 0 bridgehead atoms. The second kappa shape index (κ2) is 10.4. The molecule has 7 aromatic rings. The molecule has 6 aromatic carbocycles. The molecule has 0 N–H and O–H groups in total. The molecule has 8 rings (SSSR count). The molecule has 1 aromatic heterocycles. The van der Waals surface area contributed by atoms with E-state index in [9.17, 15) is 0 Å². The normalized spacial score (nSPS) is 15.0. The highest BCUT2D eigenvalue weighted by molar-refractivity contribution is 6.24. The van der Waals surface area contributed by atoms with Gasteiger partial charge in [0.1, 0.15) is 0 Å². The second-order valence-electron chi connectivity index (χ2n) is 11.4. The smallest absolute Gasteiger partial charge is 0.0711 e. The van der Waals surface area contributed by atoms with Crippen LogP contribution in [0.5, 0.6) is 0 Å². The van der Waals surface area contributed by atoms with Crippen molar-refractivity contribution in [3.05, 3.63) is 151 Å². The number of aromatic nitrogens is 1. The van der Waals surface area contributed by atoms with Crippen molar-refractivity contribution < 1.29 is 0 Å². The van der Waals surface area contributed by atoms with E-state index in [2.05, 4.69) is 140 Å². The van der Waals surface area contributed by atoms with Crippen LogP contribution in [-0.2, 0) is 0 Å². The third kappa shape index (κ3) is 4.13. The molecule has 1 unspecified atom stereocenters. The maximum absolute atomic E-state index is 4.88. The number of allylic oxidation sites excluding steroid dienone is 2. The number of benzene rings is 6. The summed E-state index contributed by atoms with van der Waals surface area (Å²) in [6, 6.07) is 46.6. The van der Waals surface area contributed by atoms with Crippen LogP contribution in [-0.4, -0.2) is 4.98 Å². The van der Waals surface area contributed by atoms with Crippen LogP contribution >= 0.6 is 0 Å². The summed E-state index contributed by atoms with van der Waals surface area (Å²) < 4.78 is 0. The molecule has 1 aliphatic rings. The van der Waals surface area contributed by atoms with E-state index < -0.39 is 0 Å². The molecule has 1 heteroatoms. The molecule has 1 aliphatic carbocycles. The first kappa shape index (κ1) is 24.8. The maximum atomic E-state index is 4.88. The van der Waals surface area contributed by atoms with Gasteiger partial charge in [0.05, 0.1) is 5.69 Å². The Morgan fingerprint density at radius 3 is 1.71 bits per heavy atom. The average Bonchev–Trinajstić information content (AvgIpc) is 3.07. The Balaban J connectivity index is 1.39. The lowest BCUT2D eigenvalue weighted by molar-refractivity contribution is 0.616.